The molecule has 3 heterocycles. The number of hydrogen-bond acceptors (Lipinski definition) is 3. The first-order valence-electron chi connectivity index (χ1n) is 4.69. The fourth-order valence-corrected chi connectivity index (χ4v) is 2.35. The van der Waals surface area contributed by atoms with Gasteiger partial charge in [0.1, 0.15) is 5.82 Å². The van der Waals surface area contributed by atoms with Gasteiger partial charge < -0.3 is 4.98 Å². The summed E-state index contributed by atoms with van der Waals surface area (Å²) >= 11 is 1.74. The first-order chi connectivity index (χ1) is 7.33. The van der Waals surface area contributed by atoms with Gasteiger partial charge in [-0.05, 0) is 25.1 Å². The highest BCUT2D eigenvalue weighted by molar-refractivity contribution is 7.15. The van der Waals surface area contributed by atoms with Crippen LogP contribution in [0.5, 0.6) is 0 Å². The van der Waals surface area contributed by atoms with Crippen molar-refractivity contribution in [3.05, 3.63) is 35.5 Å². The number of aromatic nitrogens is 3. The fourth-order valence-electron chi connectivity index (χ4n) is 1.54. The molecular weight excluding hydrogens is 206 g/mol. The minimum atomic E-state index is 0.927. The number of nitrogens with one attached hydrogen (secondary N) is 1. The van der Waals surface area contributed by atoms with E-state index in [1.165, 1.54) is 9.75 Å². The Kier molecular flexibility index (Phi) is 1.82. The van der Waals surface area contributed by atoms with Crippen molar-refractivity contribution in [3.8, 4) is 10.7 Å². The van der Waals surface area contributed by atoms with Crippen molar-refractivity contribution in [1.29, 1.82) is 0 Å². The van der Waals surface area contributed by atoms with Crippen LogP contribution >= 0.6 is 11.3 Å². The van der Waals surface area contributed by atoms with Crippen LogP contribution in [0, 0.1) is 6.92 Å². The first kappa shape index (κ1) is 8.61. The zero-order valence-electron chi connectivity index (χ0n) is 8.19. The summed E-state index contributed by atoms with van der Waals surface area (Å²) in [6.45, 7) is 2.10. The molecular formula is C11H9N3S. The van der Waals surface area contributed by atoms with Crippen LogP contribution < -0.4 is 0 Å². The molecule has 4 heteroatoms. The van der Waals surface area contributed by atoms with Gasteiger partial charge in [0.05, 0.1) is 22.1 Å². The van der Waals surface area contributed by atoms with Gasteiger partial charge in [-0.25, -0.2) is 4.98 Å². The zero-order chi connectivity index (χ0) is 10.3. The molecule has 0 radical (unpaired) electrons. The molecule has 0 aromatic carbocycles. The molecule has 0 bridgehead atoms. The quantitative estimate of drug-likeness (QED) is 0.678. The second-order valence-electron chi connectivity index (χ2n) is 3.39. The van der Waals surface area contributed by atoms with Crippen molar-refractivity contribution in [2.24, 2.45) is 0 Å². The summed E-state index contributed by atoms with van der Waals surface area (Å²) in [5.74, 6) is 0.927. The lowest BCUT2D eigenvalue weighted by Gasteiger charge is -1.86. The molecule has 0 aliphatic rings. The van der Waals surface area contributed by atoms with E-state index in [-0.39, 0.29) is 0 Å². The third-order valence-electron chi connectivity index (χ3n) is 2.26. The van der Waals surface area contributed by atoms with Crippen LogP contribution in [0.15, 0.2) is 30.6 Å². The number of rotatable bonds is 1. The predicted molar refractivity (Wildman–Crippen MR) is 61.9 cm³/mol. The maximum atomic E-state index is 4.51. The van der Waals surface area contributed by atoms with E-state index in [4.69, 9.17) is 0 Å². The Balaban J connectivity index is 2.19. The molecule has 3 rings (SSSR count). The molecule has 0 unspecified atom stereocenters. The molecule has 3 aromatic heterocycles. The highest BCUT2D eigenvalue weighted by Crippen LogP contribution is 2.26. The van der Waals surface area contributed by atoms with Gasteiger partial charge in [-0.3, -0.25) is 4.98 Å². The van der Waals surface area contributed by atoms with Gasteiger partial charge >= 0.3 is 0 Å². The number of fused-ring (bicyclic) bond motifs is 1. The highest BCUT2D eigenvalue weighted by atomic mass is 32.1. The van der Waals surface area contributed by atoms with Crippen LogP contribution in [0.25, 0.3) is 21.7 Å². The van der Waals surface area contributed by atoms with Crippen LogP contribution in [-0.2, 0) is 0 Å². The summed E-state index contributed by atoms with van der Waals surface area (Å²) in [5, 5.41) is 0. The average Bonchev–Trinajstić information content (AvgIpc) is 2.82. The monoisotopic (exact) mass is 215 g/mol. The van der Waals surface area contributed by atoms with E-state index in [0.717, 1.165) is 16.9 Å². The van der Waals surface area contributed by atoms with Crippen molar-refractivity contribution >= 4 is 22.4 Å². The molecule has 0 fully saturated rings. The number of thiophene rings is 1. The number of pyridine rings is 1. The van der Waals surface area contributed by atoms with E-state index in [1.54, 1.807) is 23.7 Å². The minimum absolute atomic E-state index is 0.927. The SMILES string of the molecule is Cc1ccc(-c2nc3ccncc3[nH]2)s1. The van der Waals surface area contributed by atoms with Gasteiger partial charge in [-0.2, -0.15) is 0 Å². The molecule has 0 aliphatic heterocycles. The highest BCUT2D eigenvalue weighted by Gasteiger charge is 2.06. The third-order valence-corrected chi connectivity index (χ3v) is 3.26. The van der Waals surface area contributed by atoms with E-state index in [2.05, 4.69) is 34.0 Å². The molecule has 0 aliphatic carbocycles. The van der Waals surface area contributed by atoms with Crippen LogP contribution in [0.3, 0.4) is 0 Å². The number of aryl methyl sites for hydroxylation is 1. The lowest BCUT2D eigenvalue weighted by atomic mass is 10.4. The normalized spacial score (nSPS) is 11.0. The summed E-state index contributed by atoms with van der Waals surface area (Å²) in [5.41, 5.74) is 1.95. The Morgan fingerprint density at radius 2 is 2.20 bits per heavy atom. The topological polar surface area (TPSA) is 41.6 Å². The Hall–Kier alpha value is -1.68. The molecule has 15 heavy (non-hydrogen) atoms. The predicted octanol–water partition coefficient (Wildman–Crippen LogP) is 2.99. The summed E-state index contributed by atoms with van der Waals surface area (Å²) in [7, 11) is 0. The lowest BCUT2D eigenvalue weighted by Crippen LogP contribution is -1.72. The lowest BCUT2D eigenvalue weighted by molar-refractivity contribution is 1.34. The van der Waals surface area contributed by atoms with Gasteiger partial charge in [-0.1, -0.05) is 0 Å². The summed E-state index contributed by atoms with van der Waals surface area (Å²) in [6, 6.07) is 6.10. The minimum Gasteiger partial charge on any atom is -0.336 e. The fraction of sp³-hybridized carbons (Fsp3) is 0.0909. The van der Waals surface area contributed by atoms with Crippen molar-refractivity contribution in [1.82, 2.24) is 15.0 Å². The second-order valence-corrected chi connectivity index (χ2v) is 4.68. The van der Waals surface area contributed by atoms with Crippen molar-refractivity contribution in [2.45, 2.75) is 6.92 Å². The van der Waals surface area contributed by atoms with Gasteiger partial charge in [-0.15, -0.1) is 11.3 Å². The molecule has 1 N–H and O–H groups in total. The van der Waals surface area contributed by atoms with E-state index in [9.17, 15) is 0 Å². The van der Waals surface area contributed by atoms with Crippen LogP contribution in [-0.4, -0.2) is 15.0 Å². The Morgan fingerprint density at radius 3 is 2.93 bits per heavy atom. The van der Waals surface area contributed by atoms with Crippen molar-refractivity contribution in [3.63, 3.8) is 0 Å². The van der Waals surface area contributed by atoms with Gasteiger partial charge in [0.25, 0.3) is 0 Å². The zero-order valence-corrected chi connectivity index (χ0v) is 9.01. The first-order valence-corrected chi connectivity index (χ1v) is 5.51. The van der Waals surface area contributed by atoms with Crippen molar-refractivity contribution < 1.29 is 0 Å². The number of aromatic amines is 1. The maximum Gasteiger partial charge on any atom is 0.148 e. The van der Waals surface area contributed by atoms with Crippen LogP contribution in [0.4, 0.5) is 0 Å². The van der Waals surface area contributed by atoms with Gasteiger partial charge in [0.2, 0.25) is 0 Å². The van der Waals surface area contributed by atoms with E-state index in [0.29, 0.717) is 0 Å². The van der Waals surface area contributed by atoms with E-state index in [1.807, 2.05) is 6.07 Å². The second kappa shape index (κ2) is 3.17. The van der Waals surface area contributed by atoms with Gasteiger partial charge in [0.15, 0.2) is 0 Å². The standard InChI is InChI=1S/C11H9N3S/c1-7-2-3-10(15-7)11-13-8-4-5-12-6-9(8)14-11/h2-6H,1H3,(H,13,14). The molecule has 0 spiro atoms. The Labute approximate surface area is 90.8 Å². The van der Waals surface area contributed by atoms with Crippen LogP contribution in [0.1, 0.15) is 4.88 Å². The Morgan fingerprint density at radius 1 is 1.27 bits per heavy atom. The number of imidazole rings is 1. The average molecular weight is 215 g/mol. The summed E-state index contributed by atoms with van der Waals surface area (Å²) < 4.78 is 0. The number of H-pyrrole nitrogens is 1. The molecule has 0 amide bonds. The largest absolute Gasteiger partial charge is 0.336 e. The molecule has 0 atom stereocenters. The van der Waals surface area contributed by atoms with Crippen molar-refractivity contribution in [2.75, 3.05) is 0 Å². The molecule has 0 saturated carbocycles. The van der Waals surface area contributed by atoms with E-state index >= 15 is 0 Å². The molecule has 3 nitrogen and oxygen atoms in total. The van der Waals surface area contributed by atoms with Gasteiger partial charge in [0, 0.05) is 11.1 Å². The van der Waals surface area contributed by atoms with Crippen LogP contribution in [0.2, 0.25) is 0 Å². The summed E-state index contributed by atoms with van der Waals surface area (Å²) in [6.07, 6.45) is 3.55. The number of nitrogens with zero attached hydrogens (tertiary/aromatic N) is 2. The number of hydrogen-bond donors (Lipinski definition) is 1. The molecule has 3 aromatic rings. The maximum absolute atomic E-state index is 4.51. The third kappa shape index (κ3) is 1.43. The molecule has 74 valence electrons. The summed E-state index contributed by atoms with van der Waals surface area (Å²) in [4.78, 5) is 14.3. The van der Waals surface area contributed by atoms with E-state index < -0.39 is 0 Å². The Bertz CT molecular complexity index is 576. The molecule has 0 saturated heterocycles. The smallest absolute Gasteiger partial charge is 0.148 e.